The molecule has 0 aromatic rings. The average molecular weight is 312 g/mol. The molecule has 0 bridgehead atoms. The summed E-state index contributed by atoms with van der Waals surface area (Å²) in [5, 5.41) is 0. The van der Waals surface area contributed by atoms with Crippen molar-refractivity contribution in [3.05, 3.63) is 12.2 Å². The van der Waals surface area contributed by atoms with Crippen LogP contribution in [0.2, 0.25) is 0 Å². The fourth-order valence-electron chi connectivity index (χ4n) is 3.18. The fraction of sp³-hybridized carbons (Fsp3) is 0.833. The lowest BCUT2D eigenvalue weighted by Crippen LogP contribution is -2.45. The van der Waals surface area contributed by atoms with Crippen LogP contribution >= 0.6 is 0 Å². The zero-order chi connectivity index (χ0) is 16.6. The van der Waals surface area contributed by atoms with Gasteiger partial charge < -0.3 is 4.74 Å². The maximum absolute atomic E-state index is 11.5. The number of carbonyl (C=O) groups is 1. The summed E-state index contributed by atoms with van der Waals surface area (Å²) in [4.78, 5) is 22.8. The molecular formula is C18H32O4. The highest BCUT2D eigenvalue weighted by atomic mass is 17.2. The van der Waals surface area contributed by atoms with Gasteiger partial charge in [-0.15, -0.1) is 0 Å². The normalized spacial score (nSPS) is 30.4. The number of hydrogen-bond donors (Lipinski definition) is 0. The van der Waals surface area contributed by atoms with Crippen LogP contribution < -0.4 is 0 Å². The molecular weight excluding hydrogens is 280 g/mol. The molecule has 0 unspecified atom stereocenters. The van der Waals surface area contributed by atoms with E-state index in [0.29, 0.717) is 11.8 Å². The summed E-state index contributed by atoms with van der Waals surface area (Å²) in [5.41, 5.74) is -0.286. The van der Waals surface area contributed by atoms with E-state index >= 15 is 0 Å². The van der Waals surface area contributed by atoms with E-state index in [2.05, 4.69) is 39.8 Å². The molecule has 1 saturated heterocycles. The third-order valence-electron chi connectivity index (χ3n) is 4.57. The number of carbonyl (C=O) groups excluding carboxylic acids is 1. The molecule has 0 aromatic heterocycles. The highest BCUT2D eigenvalue weighted by Gasteiger charge is 2.41. The topological polar surface area (TPSA) is 44.8 Å². The van der Waals surface area contributed by atoms with Crippen molar-refractivity contribution >= 4 is 5.97 Å². The van der Waals surface area contributed by atoms with Crippen LogP contribution in [0.1, 0.15) is 66.2 Å². The van der Waals surface area contributed by atoms with E-state index in [-0.39, 0.29) is 24.1 Å². The van der Waals surface area contributed by atoms with E-state index in [1.54, 1.807) is 0 Å². The summed E-state index contributed by atoms with van der Waals surface area (Å²) in [7, 11) is 1.41. The SMILES string of the molecule is CC/C=C/[C@H](CC)C[C@]1(C)C[C@H](CC)[C@@H](CC(=O)OC)OO1. The number of allylic oxidation sites excluding steroid dienone is 2. The third kappa shape index (κ3) is 5.73. The van der Waals surface area contributed by atoms with E-state index in [0.717, 1.165) is 32.1 Å². The van der Waals surface area contributed by atoms with Crippen molar-refractivity contribution < 1.29 is 19.3 Å². The Kier molecular flexibility index (Phi) is 8.12. The number of hydrogen-bond acceptors (Lipinski definition) is 4. The summed E-state index contributed by atoms with van der Waals surface area (Å²) in [6.07, 6.45) is 9.57. The third-order valence-corrected chi connectivity index (χ3v) is 4.57. The standard InChI is InChI=1S/C18H32O4/c1-6-9-10-14(7-2)12-18(4)13-15(8-3)16(21-22-18)11-17(19)20-5/h9-10,14-16H,6-8,11-13H2,1-5H3/b10-9+/t14-,15-,16+,18+/m0/s1. The molecule has 4 nitrogen and oxygen atoms in total. The second-order valence-electron chi connectivity index (χ2n) is 6.53. The van der Waals surface area contributed by atoms with Crippen LogP contribution in [0.5, 0.6) is 0 Å². The van der Waals surface area contributed by atoms with Crippen LogP contribution in [0.15, 0.2) is 12.2 Å². The van der Waals surface area contributed by atoms with Gasteiger partial charge in [-0.2, -0.15) is 0 Å². The van der Waals surface area contributed by atoms with Crippen molar-refractivity contribution in [2.75, 3.05) is 7.11 Å². The minimum absolute atomic E-state index is 0.197. The molecule has 0 aliphatic carbocycles. The molecule has 0 saturated carbocycles. The first kappa shape index (κ1) is 19.2. The van der Waals surface area contributed by atoms with E-state index in [1.165, 1.54) is 7.11 Å². The van der Waals surface area contributed by atoms with Gasteiger partial charge in [0, 0.05) is 0 Å². The highest BCUT2D eigenvalue weighted by molar-refractivity contribution is 5.69. The number of ether oxygens (including phenoxy) is 1. The van der Waals surface area contributed by atoms with Gasteiger partial charge in [-0.1, -0.05) is 39.3 Å². The molecule has 1 aliphatic rings. The first-order valence-corrected chi connectivity index (χ1v) is 8.55. The molecule has 4 atom stereocenters. The Morgan fingerprint density at radius 3 is 2.68 bits per heavy atom. The minimum Gasteiger partial charge on any atom is -0.469 e. The number of rotatable bonds is 8. The van der Waals surface area contributed by atoms with Gasteiger partial charge in [0.2, 0.25) is 0 Å². The highest BCUT2D eigenvalue weighted by Crippen LogP contribution is 2.39. The number of methoxy groups -OCH3 is 1. The van der Waals surface area contributed by atoms with Crippen molar-refractivity contribution in [2.45, 2.75) is 77.9 Å². The van der Waals surface area contributed by atoms with Gasteiger partial charge in [0.05, 0.1) is 13.5 Å². The largest absolute Gasteiger partial charge is 0.469 e. The van der Waals surface area contributed by atoms with E-state index in [4.69, 9.17) is 14.5 Å². The van der Waals surface area contributed by atoms with Crippen molar-refractivity contribution in [3.63, 3.8) is 0 Å². The maximum atomic E-state index is 11.5. The molecule has 1 fully saturated rings. The van der Waals surface area contributed by atoms with Gasteiger partial charge in [0.15, 0.2) is 0 Å². The minimum atomic E-state index is -0.286. The fourth-order valence-corrected chi connectivity index (χ4v) is 3.18. The summed E-state index contributed by atoms with van der Waals surface area (Å²) in [5.74, 6) is 0.585. The van der Waals surface area contributed by atoms with Gasteiger partial charge in [-0.25, -0.2) is 9.78 Å². The first-order valence-electron chi connectivity index (χ1n) is 8.55. The Labute approximate surface area is 135 Å². The predicted molar refractivity (Wildman–Crippen MR) is 87.2 cm³/mol. The molecule has 4 heteroatoms. The Morgan fingerprint density at radius 1 is 1.41 bits per heavy atom. The summed E-state index contributed by atoms with van der Waals surface area (Å²) in [6.45, 7) is 8.61. The first-order chi connectivity index (χ1) is 10.5. The Hall–Kier alpha value is -0.870. The van der Waals surface area contributed by atoms with Gasteiger partial charge in [0.1, 0.15) is 11.7 Å². The van der Waals surface area contributed by atoms with Crippen LogP contribution in [-0.4, -0.2) is 24.8 Å². The van der Waals surface area contributed by atoms with E-state index < -0.39 is 0 Å². The van der Waals surface area contributed by atoms with Crippen LogP contribution in [-0.2, 0) is 19.3 Å². The molecule has 0 aromatic carbocycles. The molecule has 128 valence electrons. The maximum Gasteiger partial charge on any atom is 0.308 e. The van der Waals surface area contributed by atoms with Crippen LogP contribution in [0.3, 0.4) is 0 Å². The quantitative estimate of drug-likeness (QED) is 0.378. The Balaban J connectivity index is 2.66. The van der Waals surface area contributed by atoms with E-state index in [9.17, 15) is 4.79 Å². The Bertz CT molecular complexity index is 366. The van der Waals surface area contributed by atoms with Crippen LogP contribution in [0.4, 0.5) is 0 Å². The zero-order valence-corrected chi connectivity index (χ0v) is 14.8. The van der Waals surface area contributed by atoms with Crippen molar-refractivity contribution in [3.8, 4) is 0 Å². The van der Waals surface area contributed by atoms with Gasteiger partial charge >= 0.3 is 5.97 Å². The number of esters is 1. The summed E-state index contributed by atoms with van der Waals surface area (Å²) in [6, 6.07) is 0. The second-order valence-corrected chi connectivity index (χ2v) is 6.53. The predicted octanol–water partition coefficient (Wildman–Crippen LogP) is 4.44. The molecule has 1 rings (SSSR count). The molecule has 22 heavy (non-hydrogen) atoms. The van der Waals surface area contributed by atoms with Gasteiger partial charge in [-0.05, 0) is 44.4 Å². The van der Waals surface area contributed by atoms with Gasteiger partial charge in [-0.3, -0.25) is 4.79 Å². The van der Waals surface area contributed by atoms with E-state index in [1.807, 2.05) is 0 Å². The monoisotopic (exact) mass is 312 g/mol. The van der Waals surface area contributed by atoms with Crippen LogP contribution in [0, 0.1) is 11.8 Å². The summed E-state index contributed by atoms with van der Waals surface area (Å²) < 4.78 is 4.74. The smallest absolute Gasteiger partial charge is 0.308 e. The molecule has 0 spiro atoms. The molecule has 0 radical (unpaired) electrons. The molecule has 0 amide bonds. The Morgan fingerprint density at radius 2 is 2.14 bits per heavy atom. The van der Waals surface area contributed by atoms with Crippen LogP contribution in [0.25, 0.3) is 0 Å². The van der Waals surface area contributed by atoms with Crippen molar-refractivity contribution in [2.24, 2.45) is 11.8 Å². The molecule has 1 aliphatic heterocycles. The van der Waals surface area contributed by atoms with Crippen molar-refractivity contribution in [1.82, 2.24) is 0 Å². The summed E-state index contributed by atoms with van der Waals surface area (Å²) >= 11 is 0. The average Bonchev–Trinajstić information content (AvgIpc) is 2.53. The molecule has 0 N–H and O–H groups in total. The van der Waals surface area contributed by atoms with Crippen molar-refractivity contribution in [1.29, 1.82) is 0 Å². The van der Waals surface area contributed by atoms with Gasteiger partial charge in [0.25, 0.3) is 0 Å². The lowest BCUT2D eigenvalue weighted by molar-refractivity contribution is -0.419. The molecule has 1 heterocycles. The lowest BCUT2D eigenvalue weighted by Gasteiger charge is -2.42. The zero-order valence-electron chi connectivity index (χ0n) is 14.8. The lowest BCUT2D eigenvalue weighted by atomic mass is 9.79. The second kappa shape index (κ2) is 9.31.